The van der Waals surface area contributed by atoms with Crippen molar-refractivity contribution in [3.63, 3.8) is 0 Å². The van der Waals surface area contributed by atoms with Crippen molar-refractivity contribution in [2.75, 3.05) is 0 Å². The molecule has 0 saturated carbocycles. The van der Waals surface area contributed by atoms with Crippen LogP contribution < -0.4 is 0 Å². The second kappa shape index (κ2) is 4.95. The van der Waals surface area contributed by atoms with Gasteiger partial charge in [0.1, 0.15) is 0 Å². The van der Waals surface area contributed by atoms with E-state index in [0.717, 1.165) is 29.8 Å². The third kappa shape index (κ3) is 2.28. The molecule has 0 bridgehead atoms. The van der Waals surface area contributed by atoms with E-state index in [4.69, 9.17) is 0 Å². The average Bonchev–Trinajstić information content (AvgIpc) is 2.77. The average molecular weight is 228 g/mol. The Hall–Kier alpha value is -1.90. The maximum Gasteiger partial charge on any atom is 0.160 e. The van der Waals surface area contributed by atoms with E-state index in [1.807, 2.05) is 35.0 Å². The van der Waals surface area contributed by atoms with Crippen LogP contribution in [0.4, 0.5) is 0 Å². The molecule has 0 aliphatic rings. The Morgan fingerprint density at radius 3 is 2.76 bits per heavy atom. The molecule has 0 fully saturated rings. The summed E-state index contributed by atoms with van der Waals surface area (Å²) in [4.78, 5) is 11.6. The quantitative estimate of drug-likeness (QED) is 0.753. The number of benzene rings is 1. The van der Waals surface area contributed by atoms with E-state index >= 15 is 0 Å². The minimum absolute atomic E-state index is 0.0878. The van der Waals surface area contributed by atoms with Crippen LogP contribution in [0, 0.1) is 0 Å². The SMILES string of the molecule is CCCn1nccc1-c1ccccc1C(C)=O. The van der Waals surface area contributed by atoms with Gasteiger partial charge in [0, 0.05) is 23.9 Å². The van der Waals surface area contributed by atoms with Crippen LogP contribution in [0.15, 0.2) is 36.5 Å². The van der Waals surface area contributed by atoms with Gasteiger partial charge in [0.15, 0.2) is 5.78 Å². The lowest BCUT2D eigenvalue weighted by Gasteiger charge is -2.09. The van der Waals surface area contributed by atoms with Gasteiger partial charge in [-0.15, -0.1) is 0 Å². The molecule has 88 valence electrons. The monoisotopic (exact) mass is 228 g/mol. The summed E-state index contributed by atoms with van der Waals surface area (Å²) < 4.78 is 1.95. The molecule has 0 aliphatic heterocycles. The standard InChI is InChI=1S/C14H16N2O/c1-3-10-16-14(8-9-15-16)13-7-5-4-6-12(13)11(2)17/h4-9H,3,10H2,1-2H3. The second-order valence-corrected chi connectivity index (χ2v) is 4.04. The molecule has 17 heavy (non-hydrogen) atoms. The van der Waals surface area contributed by atoms with Crippen LogP contribution in [0.25, 0.3) is 11.3 Å². The molecule has 1 aromatic carbocycles. The molecule has 0 radical (unpaired) electrons. The van der Waals surface area contributed by atoms with Gasteiger partial charge in [-0.25, -0.2) is 0 Å². The van der Waals surface area contributed by atoms with E-state index in [1.54, 1.807) is 13.1 Å². The van der Waals surface area contributed by atoms with Gasteiger partial charge in [-0.1, -0.05) is 31.2 Å². The van der Waals surface area contributed by atoms with Crippen molar-refractivity contribution in [2.45, 2.75) is 26.8 Å². The molecular formula is C14H16N2O. The molecule has 0 amide bonds. The number of nitrogens with zero attached hydrogens (tertiary/aromatic N) is 2. The Kier molecular flexibility index (Phi) is 3.38. The van der Waals surface area contributed by atoms with Gasteiger partial charge in [0.2, 0.25) is 0 Å². The number of ketones is 1. The smallest absolute Gasteiger partial charge is 0.160 e. The zero-order valence-corrected chi connectivity index (χ0v) is 10.2. The number of Topliss-reactive ketones (excluding diaryl/α,β-unsaturated/α-hetero) is 1. The summed E-state index contributed by atoms with van der Waals surface area (Å²) >= 11 is 0. The molecule has 3 heteroatoms. The lowest BCUT2D eigenvalue weighted by atomic mass is 10.0. The summed E-state index contributed by atoms with van der Waals surface area (Å²) in [5.41, 5.74) is 2.73. The van der Waals surface area contributed by atoms with Gasteiger partial charge < -0.3 is 0 Å². The van der Waals surface area contributed by atoms with Gasteiger partial charge >= 0.3 is 0 Å². The topological polar surface area (TPSA) is 34.9 Å². The molecule has 0 aliphatic carbocycles. The Morgan fingerprint density at radius 2 is 2.06 bits per heavy atom. The van der Waals surface area contributed by atoms with Crippen molar-refractivity contribution in [3.8, 4) is 11.3 Å². The van der Waals surface area contributed by atoms with Crippen molar-refractivity contribution < 1.29 is 4.79 Å². The lowest BCUT2D eigenvalue weighted by Crippen LogP contribution is -2.04. The summed E-state index contributed by atoms with van der Waals surface area (Å²) in [6.45, 7) is 4.58. The predicted molar refractivity (Wildman–Crippen MR) is 68.0 cm³/mol. The van der Waals surface area contributed by atoms with Crippen molar-refractivity contribution in [3.05, 3.63) is 42.1 Å². The van der Waals surface area contributed by atoms with Crippen LogP contribution in [0.5, 0.6) is 0 Å². The first-order valence-corrected chi connectivity index (χ1v) is 5.86. The normalized spacial score (nSPS) is 10.5. The molecule has 3 nitrogen and oxygen atoms in total. The number of hydrogen-bond acceptors (Lipinski definition) is 2. The van der Waals surface area contributed by atoms with Crippen molar-refractivity contribution >= 4 is 5.78 Å². The molecule has 0 N–H and O–H groups in total. The van der Waals surface area contributed by atoms with Crippen molar-refractivity contribution in [1.29, 1.82) is 0 Å². The molecular weight excluding hydrogens is 212 g/mol. The second-order valence-electron chi connectivity index (χ2n) is 4.04. The third-order valence-corrected chi connectivity index (χ3v) is 2.73. The Balaban J connectivity index is 2.52. The van der Waals surface area contributed by atoms with Crippen LogP contribution >= 0.6 is 0 Å². The molecule has 0 atom stereocenters. The van der Waals surface area contributed by atoms with Crippen molar-refractivity contribution in [1.82, 2.24) is 9.78 Å². The van der Waals surface area contributed by atoms with E-state index in [0.29, 0.717) is 0 Å². The number of aryl methyl sites for hydroxylation is 1. The summed E-state index contributed by atoms with van der Waals surface area (Å²) in [6, 6.07) is 9.63. The lowest BCUT2D eigenvalue weighted by molar-refractivity contribution is 0.101. The predicted octanol–water partition coefficient (Wildman–Crippen LogP) is 3.16. The Bertz CT molecular complexity index is 529. The minimum atomic E-state index is 0.0878. The molecule has 0 saturated heterocycles. The largest absolute Gasteiger partial charge is 0.294 e. The number of rotatable bonds is 4. The minimum Gasteiger partial charge on any atom is -0.294 e. The van der Waals surface area contributed by atoms with E-state index < -0.39 is 0 Å². The maximum atomic E-state index is 11.6. The zero-order valence-electron chi connectivity index (χ0n) is 10.2. The summed E-state index contributed by atoms with van der Waals surface area (Å²) in [5.74, 6) is 0.0878. The van der Waals surface area contributed by atoms with Crippen molar-refractivity contribution in [2.24, 2.45) is 0 Å². The fraction of sp³-hybridized carbons (Fsp3) is 0.286. The van der Waals surface area contributed by atoms with E-state index in [-0.39, 0.29) is 5.78 Å². The highest BCUT2D eigenvalue weighted by molar-refractivity contribution is 6.00. The van der Waals surface area contributed by atoms with Gasteiger partial charge in [-0.3, -0.25) is 9.48 Å². The van der Waals surface area contributed by atoms with Crippen LogP contribution in [-0.4, -0.2) is 15.6 Å². The van der Waals surface area contributed by atoms with E-state index in [1.165, 1.54) is 0 Å². The highest BCUT2D eigenvalue weighted by atomic mass is 16.1. The first kappa shape index (κ1) is 11.6. The first-order valence-electron chi connectivity index (χ1n) is 5.86. The Morgan fingerprint density at radius 1 is 1.29 bits per heavy atom. The van der Waals surface area contributed by atoms with Gasteiger partial charge in [0.05, 0.1) is 5.69 Å². The fourth-order valence-corrected chi connectivity index (χ4v) is 1.96. The van der Waals surface area contributed by atoms with Gasteiger partial charge in [-0.05, 0) is 19.4 Å². The van der Waals surface area contributed by atoms with Crippen LogP contribution in [0.2, 0.25) is 0 Å². The number of carbonyl (C=O) groups excluding carboxylic acids is 1. The summed E-state index contributed by atoms with van der Waals surface area (Å²) in [6.07, 6.45) is 2.80. The maximum absolute atomic E-state index is 11.6. The fourth-order valence-electron chi connectivity index (χ4n) is 1.96. The van der Waals surface area contributed by atoms with Gasteiger partial charge in [-0.2, -0.15) is 5.10 Å². The molecule has 2 aromatic rings. The van der Waals surface area contributed by atoms with E-state index in [9.17, 15) is 4.79 Å². The van der Waals surface area contributed by atoms with E-state index in [2.05, 4.69) is 12.0 Å². The molecule has 2 rings (SSSR count). The molecule has 1 heterocycles. The third-order valence-electron chi connectivity index (χ3n) is 2.73. The zero-order chi connectivity index (χ0) is 12.3. The highest BCUT2D eigenvalue weighted by Gasteiger charge is 2.11. The Labute approximate surface area is 101 Å². The van der Waals surface area contributed by atoms with Crippen LogP contribution in [0.3, 0.4) is 0 Å². The first-order chi connectivity index (χ1) is 8.24. The number of carbonyl (C=O) groups is 1. The number of hydrogen-bond donors (Lipinski definition) is 0. The summed E-state index contributed by atoms with van der Waals surface area (Å²) in [5, 5.41) is 4.29. The van der Waals surface area contributed by atoms with Gasteiger partial charge in [0.25, 0.3) is 0 Å². The molecule has 0 spiro atoms. The number of aromatic nitrogens is 2. The molecule has 0 unspecified atom stereocenters. The highest BCUT2D eigenvalue weighted by Crippen LogP contribution is 2.23. The molecule has 1 aromatic heterocycles. The van der Waals surface area contributed by atoms with Crippen LogP contribution in [0.1, 0.15) is 30.6 Å². The summed E-state index contributed by atoms with van der Waals surface area (Å²) in [7, 11) is 0. The van der Waals surface area contributed by atoms with Crippen LogP contribution in [-0.2, 0) is 6.54 Å².